The summed E-state index contributed by atoms with van der Waals surface area (Å²) in [6.45, 7) is 2.98. The number of hydrogen-bond donors (Lipinski definition) is 1. The molecule has 0 amide bonds. The molecule has 0 bridgehead atoms. The lowest BCUT2D eigenvalue weighted by atomic mass is 10.1. The van der Waals surface area contributed by atoms with E-state index >= 15 is 0 Å². The van der Waals surface area contributed by atoms with Crippen LogP contribution in [0.1, 0.15) is 23.4 Å². The summed E-state index contributed by atoms with van der Waals surface area (Å²) in [4.78, 5) is 1.31. The summed E-state index contributed by atoms with van der Waals surface area (Å²) in [5.74, 6) is 0. The molecule has 4 heteroatoms. The van der Waals surface area contributed by atoms with Crippen molar-refractivity contribution in [3.8, 4) is 0 Å². The molecule has 0 saturated heterocycles. The van der Waals surface area contributed by atoms with Crippen LogP contribution in [0.2, 0.25) is 5.02 Å². The molecule has 1 N–H and O–H groups in total. The van der Waals surface area contributed by atoms with Gasteiger partial charge in [0.1, 0.15) is 0 Å². The average Bonchev–Trinajstić information content (AvgIpc) is 2.72. The lowest BCUT2D eigenvalue weighted by Gasteiger charge is -2.15. The predicted molar refractivity (Wildman–Crippen MR) is 78.7 cm³/mol. The van der Waals surface area contributed by atoms with Gasteiger partial charge in [-0.25, -0.2) is 0 Å². The first kappa shape index (κ1) is 13.1. The third kappa shape index (κ3) is 3.32. The molecule has 0 radical (unpaired) electrons. The Bertz CT molecular complexity index is 498. The van der Waals surface area contributed by atoms with Crippen LogP contribution in [0.3, 0.4) is 0 Å². The SMILES string of the molecule is CC(NCc1sccc1Br)c1ccccc1Cl. The van der Waals surface area contributed by atoms with E-state index in [-0.39, 0.29) is 6.04 Å². The maximum Gasteiger partial charge on any atom is 0.0453 e. The Morgan fingerprint density at radius 2 is 2.12 bits per heavy atom. The van der Waals surface area contributed by atoms with E-state index in [0.29, 0.717) is 0 Å². The van der Waals surface area contributed by atoms with Crippen molar-refractivity contribution in [2.45, 2.75) is 19.5 Å². The lowest BCUT2D eigenvalue weighted by Crippen LogP contribution is -2.17. The second-order valence-corrected chi connectivity index (χ2v) is 6.08. The van der Waals surface area contributed by atoms with Crippen LogP contribution in [-0.2, 0) is 6.54 Å². The van der Waals surface area contributed by atoms with Crippen LogP contribution in [0.4, 0.5) is 0 Å². The molecule has 2 rings (SSSR count). The highest BCUT2D eigenvalue weighted by Crippen LogP contribution is 2.25. The van der Waals surface area contributed by atoms with E-state index in [1.807, 2.05) is 18.2 Å². The molecule has 1 atom stereocenters. The number of halogens is 2. The molecule has 0 aliphatic rings. The summed E-state index contributed by atoms with van der Waals surface area (Å²) >= 11 is 11.4. The summed E-state index contributed by atoms with van der Waals surface area (Å²) < 4.78 is 1.17. The van der Waals surface area contributed by atoms with Gasteiger partial charge in [-0.2, -0.15) is 0 Å². The summed E-state index contributed by atoms with van der Waals surface area (Å²) in [5, 5.41) is 6.38. The standard InChI is InChI=1S/C13H13BrClNS/c1-9(10-4-2-3-5-12(10)15)16-8-13-11(14)6-7-17-13/h2-7,9,16H,8H2,1H3. The fraction of sp³-hybridized carbons (Fsp3) is 0.231. The number of rotatable bonds is 4. The Balaban J connectivity index is 2.01. The van der Waals surface area contributed by atoms with Crippen molar-refractivity contribution in [2.24, 2.45) is 0 Å². The van der Waals surface area contributed by atoms with Crippen molar-refractivity contribution in [3.05, 3.63) is 55.6 Å². The monoisotopic (exact) mass is 329 g/mol. The fourth-order valence-corrected chi connectivity index (χ4v) is 3.38. The molecule has 1 nitrogen and oxygen atoms in total. The summed E-state index contributed by atoms with van der Waals surface area (Å²) in [6, 6.07) is 10.3. The largest absolute Gasteiger partial charge is 0.305 e. The molecule has 90 valence electrons. The Morgan fingerprint density at radius 3 is 2.76 bits per heavy atom. The normalized spacial score (nSPS) is 12.6. The maximum absolute atomic E-state index is 6.16. The minimum atomic E-state index is 0.248. The Labute approximate surface area is 119 Å². The van der Waals surface area contributed by atoms with Crippen LogP contribution in [0.15, 0.2) is 40.2 Å². The van der Waals surface area contributed by atoms with E-state index in [9.17, 15) is 0 Å². The molecule has 1 aromatic carbocycles. The van der Waals surface area contributed by atoms with Crippen LogP contribution in [0.5, 0.6) is 0 Å². The van der Waals surface area contributed by atoms with Gasteiger partial charge in [-0.3, -0.25) is 0 Å². The van der Waals surface area contributed by atoms with Gasteiger partial charge in [-0.1, -0.05) is 29.8 Å². The zero-order valence-corrected chi connectivity index (χ0v) is 12.6. The van der Waals surface area contributed by atoms with Crippen molar-refractivity contribution in [1.29, 1.82) is 0 Å². The predicted octanol–water partition coefficient (Wildman–Crippen LogP) is 5.01. The van der Waals surface area contributed by atoms with Gasteiger partial charge < -0.3 is 5.32 Å². The number of nitrogens with one attached hydrogen (secondary N) is 1. The molecule has 0 aliphatic carbocycles. The molecular formula is C13H13BrClNS. The van der Waals surface area contributed by atoms with Crippen molar-refractivity contribution >= 4 is 38.9 Å². The third-order valence-corrected chi connectivity index (χ3v) is 4.90. The lowest BCUT2D eigenvalue weighted by molar-refractivity contribution is 0.578. The van der Waals surface area contributed by atoms with Crippen molar-refractivity contribution in [1.82, 2.24) is 5.32 Å². The molecule has 0 saturated carbocycles. The Hall–Kier alpha value is -0.350. The number of benzene rings is 1. The quantitative estimate of drug-likeness (QED) is 0.830. The molecule has 1 aromatic heterocycles. The van der Waals surface area contributed by atoms with Gasteiger partial charge in [0.25, 0.3) is 0 Å². The topological polar surface area (TPSA) is 12.0 Å². The molecule has 0 spiro atoms. The van der Waals surface area contributed by atoms with Crippen LogP contribution in [0, 0.1) is 0 Å². The third-order valence-electron chi connectivity index (χ3n) is 2.63. The number of thiophene rings is 1. The first-order chi connectivity index (χ1) is 8.18. The maximum atomic E-state index is 6.16. The molecule has 1 heterocycles. The van der Waals surface area contributed by atoms with Crippen LogP contribution in [-0.4, -0.2) is 0 Å². The zero-order chi connectivity index (χ0) is 12.3. The molecule has 17 heavy (non-hydrogen) atoms. The van der Waals surface area contributed by atoms with Gasteiger partial charge in [-0.05, 0) is 45.9 Å². The van der Waals surface area contributed by atoms with Crippen LogP contribution in [0.25, 0.3) is 0 Å². The highest BCUT2D eigenvalue weighted by molar-refractivity contribution is 9.10. The average molecular weight is 331 g/mol. The molecule has 2 aromatic rings. The van der Waals surface area contributed by atoms with E-state index in [4.69, 9.17) is 11.6 Å². The van der Waals surface area contributed by atoms with E-state index in [0.717, 1.165) is 17.1 Å². The Kier molecular flexibility index (Phi) is 4.62. The smallest absolute Gasteiger partial charge is 0.0453 e. The van der Waals surface area contributed by atoms with Gasteiger partial charge >= 0.3 is 0 Å². The summed E-state index contributed by atoms with van der Waals surface area (Å²) in [5.41, 5.74) is 1.14. The molecule has 0 fully saturated rings. The first-order valence-corrected chi connectivity index (χ1v) is 7.43. The van der Waals surface area contributed by atoms with Crippen LogP contribution >= 0.6 is 38.9 Å². The first-order valence-electron chi connectivity index (χ1n) is 5.38. The fourth-order valence-electron chi connectivity index (χ4n) is 1.63. The van der Waals surface area contributed by atoms with Crippen molar-refractivity contribution in [3.63, 3.8) is 0 Å². The molecular weight excluding hydrogens is 318 g/mol. The van der Waals surface area contributed by atoms with E-state index < -0.39 is 0 Å². The zero-order valence-electron chi connectivity index (χ0n) is 9.41. The van der Waals surface area contributed by atoms with Gasteiger partial charge in [0.05, 0.1) is 0 Å². The highest BCUT2D eigenvalue weighted by atomic mass is 79.9. The molecule has 0 aliphatic heterocycles. The van der Waals surface area contributed by atoms with Gasteiger partial charge in [0, 0.05) is 27.0 Å². The van der Waals surface area contributed by atoms with Crippen molar-refractivity contribution in [2.75, 3.05) is 0 Å². The van der Waals surface area contributed by atoms with E-state index in [1.54, 1.807) is 11.3 Å². The summed E-state index contributed by atoms with van der Waals surface area (Å²) in [6.07, 6.45) is 0. The van der Waals surface area contributed by atoms with Crippen molar-refractivity contribution < 1.29 is 0 Å². The minimum Gasteiger partial charge on any atom is -0.305 e. The molecule has 1 unspecified atom stereocenters. The highest BCUT2D eigenvalue weighted by Gasteiger charge is 2.09. The van der Waals surface area contributed by atoms with Crippen LogP contribution < -0.4 is 5.32 Å². The summed E-state index contributed by atoms with van der Waals surface area (Å²) in [7, 11) is 0. The number of hydrogen-bond acceptors (Lipinski definition) is 2. The van der Waals surface area contributed by atoms with Gasteiger partial charge in [-0.15, -0.1) is 11.3 Å². The second-order valence-electron chi connectivity index (χ2n) is 3.82. The van der Waals surface area contributed by atoms with E-state index in [2.05, 4.69) is 45.7 Å². The van der Waals surface area contributed by atoms with Gasteiger partial charge in [0.2, 0.25) is 0 Å². The Morgan fingerprint density at radius 1 is 1.35 bits per heavy atom. The minimum absolute atomic E-state index is 0.248. The second kappa shape index (κ2) is 6.01. The van der Waals surface area contributed by atoms with E-state index in [1.165, 1.54) is 9.35 Å². The van der Waals surface area contributed by atoms with Gasteiger partial charge in [0.15, 0.2) is 0 Å².